The number of anilines is 3. The minimum atomic E-state index is 0.0681. The Bertz CT molecular complexity index is 772. The zero-order valence-electron chi connectivity index (χ0n) is 16.1. The molecular formula is C20H27N5O2. The molecule has 0 radical (unpaired) electrons. The number of nitrogens with one attached hydrogen (secondary N) is 2. The van der Waals surface area contributed by atoms with Crippen LogP contribution in [0, 0.1) is 5.92 Å². The average Bonchev–Trinajstić information content (AvgIpc) is 2.68. The van der Waals surface area contributed by atoms with Gasteiger partial charge in [0.1, 0.15) is 11.6 Å². The number of carbonyl (C=O) groups is 1. The van der Waals surface area contributed by atoms with Crippen LogP contribution < -0.4 is 20.3 Å². The van der Waals surface area contributed by atoms with Gasteiger partial charge in [-0.05, 0) is 44.9 Å². The summed E-state index contributed by atoms with van der Waals surface area (Å²) >= 11 is 0. The van der Waals surface area contributed by atoms with Crippen LogP contribution >= 0.6 is 0 Å². The zero-order chi connectivity index (χ0) is 19.2. The van der Waals surface area contributed by atoms with E-state index >= 15 is 0 Å². The predicted molar refractivity (Wildman–Crippen MR) is 107 cm³/mol. The van der Waals surface area contributed by atoms with E-state index in [2.05, 4.69) is 25.5 Å². The summed E-state index contributed by atoms with van der Waals surface area (Å²) in [4.78, 5) is 23.4. The van der Waals surface area contributed by atoms with Crippen LogP contribution in [0.1, 0.15) is 26.7 Å². The van der Waals surface area contributed by atoms with Crippen molar-refractivity contribution in [1.29, 1.82) is 0 Å². The second kappa shape index (κ2) is 8.70. The van der Waals surface area contributed by atoms with Gasteiger partial charge in [-0.25, -0.2) is 4.98 Å². The standard InChI is InChI=1S/C20H27N5O2/c1-14(2)22-19(26)15-9-12-25(13-10-15)20-21-11-8-18(24-20)23-16-6-4-5-7-17(16)27-3/h4-8,11,14-15H,9-10,12-13H2,1-3H3,(H,22,26)(H,21,23,24). The van der Waals surface area contributed by atoms with E-state index < -0.39 is 0 Å². The van der Waals surface area contributed by atoms with Gasteiger partial charge in [-0.3, -0.25) is 4.79 Å². The van der Waals surface area contributed by atoms with Crippen molar-refractivity contribution in [2.24, 2.45) is 5.92 Å². The van der Waals surface area contributed by atoms with Gasteiger partial charge in [0, 0.05) is 31.2 Å². The number of carbonyl (C=O) groups excluding carboxylic acids is 1. The summed E-state index contributed by atoms with van der Waals surface area (Å²) in [6.07, 6.45) is 3.37. The number of hydrogen-bond acceptors (Lipinski definition) is 6. The van der Waals surface area contributed by atoms with Crippen LogP contribution in [-0.4, -0.2) is 42.1 Å². The van der Waals surface area contributed by atoms with Crippen LogP contribution in [0.2, 0.25) is 0 Å². The number of hydrogen-bond donors (Lipinski definition) is 2. The average molecular weight is 369 g/mol. The molecular weight excluding hydrogens is 342 g/mol. The number of ether oxygens (including phenoxy) is 1. The van der Waals surface area contributed by atoms with Crippen LogP contribution in [-0.2, 0) is 4.79 Å². The van der Waals surface area contributed by atoms with Crippen molar-refractivity contribution >= 4 is 23.4 Å². The molecule has 1 aliphatic rings. The molecule has 0 aliphatic carbocycles. The van der Waals surface area contributed by atoms with Crippen molar-refractivity contribution in [3.8, 4) is 5.75 Å². The first-order valence-electron chi connectivity index (χ1n) is 9.35. The summed E-state index contributed by atoms with van der Waals surface area (Å²) in [5.41, 5.74) is 0.855. The van der Waals surface area contributed by atoms with Gasteiger partial charge in [-0.2, -0.15) is 4.98 Å². The lowest BCUT2D eigenvalue weighted by molar-refractivity contribution is -0.126. The fourth-order valence-electron chi connectivity index (χ4n) is 3.20. The maximum absolute atomic E-state index is 12.2. The molecule has 3 rings (SSSR count). The quantitative estimate of drug-likeness (QED) is 0.815. The maximum atomic E-state index is 12.2. The van der Waals surface area contributed by atoms with E-state index in [1.54, 1.807) is 13.3 Å². The molecule has 2 aromatic rings. The van der Waals surface area contributed by atoms with Gasteiger partial charge in [0.2, 0.25) is 11.9 Å². The van der Waals surface area contributed by atoms with Gasteiger partial charge in [-0.15, -0.1) is 0 Å². The lowest BCUT2D eigenvalue weighted by Crippen LogP contribution is -2.42. The first-order valence-corrected chi connectivity index (χ1v) is 9.35. The van der Waals surface area contributed by atoms with Gasteiger partial charge >= 0.3 is 0 Å². The number of aromatic nitrogens is 2. The van der Waals surface area contributed by atoms with Crippen LogP contribution in [0.3, 0.4) is 0 Å². The third kappa shape index (κ3) is 4.87. The van der Waals surface area contributed by atoms with E-state index in [1.165, 1.54) is 0 Å². The minimum absolute atomic E-state index is 0.0681. The number of benzene rings is 1. The molecule has 1 fully saturated rings. The first-order chi connectivity index (χ1) is 13.1. The van der Waals surface area contributed by atoms with E-state index in [9.17, 15) is 4.79 Å². The molecule has 1 amide bonds. The zero-order valence-corrected chi connectivity index (χ0v) is 16.1. The van der Waals surface area contributed by atoms with E-state index in [-0.39, 0.29) is 17.9 Å². The molecule has 1 saturated heterocycles. The molecule has 0 bridgehead atoms. The second-order valence-electron chi connectivity index (χ2n) is 6.99. The molecule has 0 saturated carbocycles. The Morgan fingerprint density at radius 3 is 2.67 bits per heavy atom. The minimum Gasteiger partial charge on any atom is -0.495 e. The Labute approximate surface area is 160 Å². The largest absolute Gasteiger partial charge is 0.495 e. The van der Waals surface area contributed by atoms with Crippen LogP contribution in [0.25, 0.3) is 0 Å². The SMILES string of the molecule is COc1ccccc1Nc1ccnc(N2CCC(C(=O)NC(C)C)CC2)n1. The molecule has 1 aromatic carbocycles. The third-order valence-corrected chi connectivity index (χ3v) is 4.59. The summed E-state index contributed by atoms with van der Waals surface area (Å²) in [6.45, 7) is 5.52. The first kappa shape index (κ1) is 18.9. The topological polar surface area (TPSA) is 79.4 Å². The van der Waals surface area contributed by atoms with Crippen molar-refractivity contribution in [2.75, 3.05) is 30.4 Å². The summed E-state index contributed by atoms with van der Waals surface area (Å²) < 4.78 is 5.37. The monoisotopic (exact) mass is 369 g/mol. The van der Waals surface area contributed by atoms with Crippen molar-refractivity contribution in [3.63, 3.8) is 0 Å². The van der Waals surface area contributed by atoms with Gasteiger partial charge < -0.3 is 20.3 Å². The number of amides is 1. The van der Waals surface area contributed by atoms with E-state index in [4.69, 9.17) is 4.74 Å². The molecule has 144 valence electrons. The molecule has 7 nitrogen and oxygen atoms in total. The predicted octanol–water partition coefficient (Wildman–Crippen LogP) is 2.97. The molecule has 1 aromatic heterocycles. The summed E-state index contributed by atoms with van der Waals surface area (Å²) in [5, 5.41) is 6.29. The molecule has 1 aliphatic heterocycles. The molecule has 27 heavy (non-hydrogen) atoms. The number of methoxy groups -OCH3 is 1. The highest BCUT2D eigenvalue weighted by Crippen LogP contribution is 2.27. The summed E-state index contributed by atoms with van der Waals surface area (Å²) in [5.74, 6) is 2.37. The lowest BCUT2D eigenvalue weighted by atomic mass is 9.96. The summed E-state index contributed by atoms with van der Waals surface area (Å²) in [6, 6.07) is 9.72. The molecule has 0 spiro atoms. The van der Waals surface area contributed by atoms with Crippen LogP contribution in [0.5, 0.6) is 5.75 Å². The second-order valence-corrected chi connectivity index (χ2v) is 6.99. The Hall–Kier alpha value is -2.83. The third-order valence-electron chi connectivity index (χ3n) is 4.59. The highest BCUT2D eigenvalue weighted by Gasteiger charge is 2.26. The molecule has 0 unspecified atom stereocenters. The fraction of sp³-hybridized carbons (Fsp3) is 0.450. The molecule has 2 N–H and O–H groups in total. The van der Waals surface area contributed by atoms with Crippen molar-refractivity contribution < 1.29 is 9.53 Å². The van der Waals surface area contributed by atoms with Crippen molar-refractivity contribution in [1.82, 2.24) is 15.3 Å². The normalized spacial score (nSPS) is 14.9. The number of para-hydroxylation sites is 2. The van der Waals surface area contributed by atoms with E-state index in [1.807, 2.05) is 44.2 Å². The Morgan fingerprint density at radius 2 is 1.96 bits per heavy atom. The van der Waals surface area contributed by atoms with Gasteiger partial charge in [0.25, 0.3) is 0 Å². The van der Waals surface area contributed by atoms with Crippen molar-refractivity contribution in [2.45, 2.75) is 32.7 Å². The molecule has 0 atom stereocenters. The number of piperidine rings is 1. The van der Waals surface area contributed by atoms with Gasteiger partial charge in [0.05, 0.1) is 12.8 Å². The van der Waals surface area contributed by atoms with Crippen molar-refractivity contribution in [3.05, 3.63) is 36.5 Å². The number of nitrogens with zero attached hydrogens (tertiary/aromatic N) is 3. The Balaban J connectivity index is 1.64. The highest BCUT2D eigenvalue weighted by atomic mass is 16.5. The highest BCUT2D eigenvalue weighted by molar-refractivity contribution is 5.79. The Morgan fingerprint density at radius 1 is 1.22 bits per heavy atom. The van der Waals surface area contributed by atoms with E-state index in [0.29, 0.717) is 11.8 Å². The van der Waals surface area contributed by atoms with Crippen LogP contribution in [0.15, 0.2) is 36.5 Å². The smallest absolute Gasteiger partial charge is 0.227 e. The fourth-order valence-corrected chi connectivity index (χ4v) is 3.20. The molecule has 2 heterocycles. The van der Waals surface area contributed by atoms with Gasteiger partial charge in [0.15, 0.2) is 0 Å². The lowest BCUT2D eigenvalue weighted by Gasteiger charge is -2.31. The van der Waals surface area contributed by atoms with Gasteiger partial charge in [-0.1, -0.05) is 12.1 Å². The number of rotatable bonds is 6. The maximum Gasteiger partial charge on any atom is 0.227 e. The van der Waals surface area contributed by atoms with E-state index in [0.717, 1.165) is 37.4 Å². The summed E-state index contributed by atoms with van der Waals surface area (Å²) in [7, 11) is 1.64. The Kier molecular flexibility index (Phi) is 6.11. The molecule has 7 heteroatoms. The van der Waals surface area contributed by atoms with Crippen LogP contribution in [0.4, 0.5) is 17.5 Å².